The van der Waals surface area contributed by atoms with Crippen LogP contribution in [0.4, 0.5) is 11.4 Å². The Kier molecular flexibility index (Phi) is 5.35. The van der Waals surface area contributed by atoms with Gasteiger partial charge in [-0.1, -0.05) is 30.3 Å². The molecule has 175 valence electrons. The van der Waals surface area contributed by atoms with Gasteiger partial charge in [0.25, 0.3) is 0 Å². The summed E-state index contributed by atoms with van der Waals surface area (Å²) in [6.45, 7) is 0. The van der Waals surface area contributed by atoms with E-state index in [9.17, 15) is 0 Å². The largest absolute Gasteiger partial charge is 0.397 e. The van der Waals surface area contributed by atoms with Crippen LogP contribution in [0.3, 0.4) is 0 Å². The molecule has 0 fully saturated rings. The Labute approximate surface area is 211 Å². The standard InChI is InChI=1S/C26H22N8.Co/c27-20-12-19-11-17-7-6-15(31-17)10-16-8-9-18(32-16)13-21-22(14-4-2-1-3-5-14)23(28)26(34(21)30)24(29)25(20)33-19;/h1-13,31H,27-30H2;. The van der Waals surface area contributed by atoms with Crippen LogP contribution >= 0.6 is 0 Å². The molecule has 35 heavy (non-hydrogen) atoms. The fourth-order valence-corrected chi connectivity index (χ4v) is 4.42. The smallest absolute Gasteiger partial charge is 0.112 e. The van der Waals surface area contributed by atoms with E-state index in [1.165, 1.54) is 4.68 Å². The minimum atomic E-state index is 0. The molecule has 0 atom stereocenters. The van der Waals surface area contributed by atoms with E-state index in [-0.39, 0.29) is 16.8 Å². The number of nitrogens with two attached hydrogens (primary N) is 4. The second-order valence-electron chi connectivity index (χ2n) is 8.25. The number of hydrogen-bond acceptors (Lipinski definition) is 6. The van der Waals surface area contributed by atoms with Crippen LogP contribution in [0.5, 0.6) is 0 Å². The fourth-order valence-electron chi connectivity index (χ4n) is 4.42. The van der Waals surface area contributed by atoms with Gasteiger partial charge in [0.15, 0.2) is 0 Å². The summed E-state index contributed by atoms with van der Waals surface area (Å²) in [5.74, 6) is 6.61. The first-order valence-electron chi connectivity index (χ1n) is 10.8. The first-order chi connectivity index (χ1) is 16.5. The van der Waals surface area contributed by atoms with Gasteiger partial charge in [-0.2, -0.15) is 0 Å². The second kappa shape index (κ2) is 8.39. The SMILES string of the molecule is NC1=Cc2cc3ccc(cc4nc(cc5c(-c6ccccc6)c(N)c(c(N)c1n2)n5N)C=C4)[nH]3.[Co]. The molecular weight excluding hydrogens is 483 g/mol. The number of anilines is 2. The van der Waals surface area contributed by atoms with Gasteiger partial charge in [0.1, 0.15) is 11.2 Å². The number of hydrogen-bond donors (Lipinski definition) is 5. The van der Waals surface area contributed by atoms with E-state index >= 15 is 0 Å². The minimum absolute atomic E-state index is 0. The third-order valence-corrected chi connectivity index (χ3v) is 5.98. The summed E-state index contributed by atoms with van der Waals surface area (Å²) in [6, 6.07) is 19.5. The molecule has 8 nitrogen and oxygen atoms in total. The molecule has 9 heteroatoms. The van der Waals surface area contributed by atoms with Crippen molar-refractivity contribution in [3.8, 4) is 11.1 Å². The fraction of sp³-hybridized carbons (Fsp3) is 0. The Hall–Kier alpha value is -4.47. The van der Waals surface area contributed by atoms with E-state index in [0.717, 1.165) is 33.5 Å². The van der Waals surface area contributed by atoms with Gasteiger partial charge >= 0.3 is 0 Å². The molecular formula is C26H22CoN8. The molecule has 0 saturated carbocycles. The Balaban J connectivity index is 0.00000253. The van der Waals surface area contributed by atoms with Gasteiger partial charge < -0.3 is 28.0 Å². The van der Waals surface area contributed by atoms with E-state index in [1.807, 2.05) is 72.8 Å². The van der Waals surface area contributed by atoms with Crippen LogP contribution in [0.1, 0.15) is 22.8 Å². The van der Waals surface area contributed by atoms with Gasteiger partial charge in [0.2, 0.25) is 0 Å². The summed E-state index contributed by atoms with van der Waals surface area (Å²) in [4.78, 5) is 12.7. The molecule has 9 N–H and O–H groups in total. The number of nitrogen functional groups attached to an aromatic ring is 3. The van der Waals surface area contributed by atoms with Gasteiger partial charge in [0, 0.05) is 33.4 Å². The second-order valence-corrected chi connectivity index (χ2v) is 8.25. The maximum Gasteiger partial charge on any atom is 0.112 e. The predicted molar refractivity (Wildman–Crippen MR) is 140 cm³/mol. The van der Waals surface area contributed by atoms with E-state index in [1.54, 1.807) is 6.08 Å². The summed E-state index contributed by atoms with van der Waals surface area (Å²) < 4.78 is 1.49. The molecule has 5 heterocycles. The number of nitrogens with zero attached hydrogens (tertiary/aromatic N) is 3. The topological polar surface area (TPSA) is 151 Å². The van der Waals surface area contributed by atoms with Gasteiger partial charge in [-0.05, 0) is 54.1 Å². The summed E-state index contributed by atoms with van der Waals surface area (Å²) in [6.07, 6.45) is 5.67. The summed E-state index contributed by atoms with van der Waals surface area (Å²) in [5.41, 5.74) is 28.1. The summed E-state index contributed by atoms with van der Waals surface area (Å²) in [5, 5.41) is 0. The Morgan fingerprint density at radius 2 is 1.40 bits per heavy atom. The van der Waals surface area contributed by atoms with Crippen LogP contribution in [0.25, 0.3) is 57.1 Å². The predicted octanol–water partition coefficient (Wildman–Crippen LogP) is 3.96. The van der Waals surface area contributed by atoms with Crippen molar-refractivity contribution in [3.05, 3.63) is 83.4 Å². The quantitative estimate of drug-likeness (QED) is 0.218. The molecule has 8 bridgehead atoms. The van der Waals surface area contributed by atoms with Gasteiger partial charge in [-0.3, -0.25) is 4.68 Å². The van der Waals surface area contributed by atoms with Crippen molar-refractivity contribution in [2.24, 2.45) is 5.73 Å². The van der Waals surface area contributed by atoms with Crippen molar-refractivity contribution in [2.75, 3.05) is 17.3 Å². The zero-order valence-corrected chi connectivity index (χ0v) is 19.5. The molecule has 2 aliphatic heterocycles. The molecule has 1 radical (unpaired) electrons. The zero-order chi connectivity index (χ0) is 23.4. The number of aromatic amines is 1. The molecule has 0 unspecified atom stereocenters. The van der Waals surface area contributed by atoms with Gasteiger partial charge in [-0.25, -0.2) is 9.97 Å². The number of H-pyrrole nitrogens is 1. The van der Waals surface area contributed by atoms with E-state index in [0.29, 0.717) is 39.5 Å². The first-order valence-corrected chi connectivity index (χ1v) is 10.8. The molecule has 3 aromatic heterocycles. The van der Waals surface area contributed by atoms with Crippen LogP contribution in [0, 0.1) is 0 Å². The summed E-state index contributed by atoms with van der Waals surface area (Å²) in [7, 11) is 0. The van der Waals surface area contributed by atoms with Crippen LogP contribution in [-0.4, -0.2) is 19.6 Å². The molecule has 6 rings (SSSR count). The number of aromatic nitrogens is 4. The van der Waals surface area contributed by atoms with Crippen molar-refractivity contribution >= 4 is 57.4 Å². The molecule has 0 spiro atoms. The van der Waals surface area contributed by atoms with E-state index < -0.39 is 0 Å². The Bertz CT molecular complexity index is 1690. The Morgan fingerprint density at radius 3 is 2.11 bits per heavy atom. The van der Waals surface area contributed by atoms with Crippen LogP contribution < -0.4 is 23.0 Å². The molecule has 4 aromatic rings. The average Bonchev–Trinajstić information content (AvgIpc) is 3.58. The molecule has 0 amide bonds. The van der Waals surface area contributed by atoms with E-state index in [4.69, 9.17) is 28.0 Å². The van der Waals surface area contributed by atoms with Crippen molar-refractivity contribution < 1.29 is 16.8 Å². The third-order valence-electron chi connectivity index (χ3n) is 5.98. The number of fused-ring (bicyclic) bond motifs is 8. The van der Waals surface area contributed by atoms with Crippen LogP contribution in [0.2, 0.25) is 0 Å². The van der Waals surface area contributed by atoms with Crippen LogP contribution in [-0.2, 0) is 16.8 Å². The maximum absolute atomic E-state index is 6.68. The van der Waals surface area contributed by atoms with Crippen molar-refractivity contribution in [3.63, 3.8) is 0 Å². The van der Waals surface area contributed by atoms with Gasteiger partial charge in [0.05, 0.1) is 39.7 Å². The maximum atomic E-state index is 6.68. The molecule has 2 aliphatic rings. The average molecular weight is 505 g/mol. The number of rotatable bonds is 1. The normalized spacial score (nSPS) is 12.3. The molecule has 1 aromatic carbocycles. The summed E-state index contributed by atoms with van der Waals surface area (Å²) >= 11 is 0. The van der Waals surface area contributed by atoms with E-state index in [2.05, 4.69) is 9.97 Å². The van der Waals surface area contributed by atoms with Crippen molar-refractivity contribution in [2.45, 2.75) is 0 Å². The molecule has 0 saturated heterocycles. The monoisotopic (exact) mass is 505 g/mol. The van der Waals surface area contributed by atoms with Crippen LogP contribution in [0.15, 0.2) is 60.7 Å². The molecule has 0 aliphatic carbocycles. The third kappa shape index (κ3) is 3.72. The van der Waals surface area contributed by atoms with Crippen molar-refractivity contribution in [1.29, 1.82) is 0 Å². The zero-order valence-electron chi connectivity index (χ0n) is 18.5. The Morgan fingerprint density at radius 1 is 0.743 bits per heavy atom. The van der Waals surface area contributed by atoms with Crippen molar-refractivity contribution in [1.82, 2.24) is 19.6 Å². The first kappa shape index (κ1) is 22.3. The minimum Gasteiger partial charge on any atom is -0.397 e. The van der Waals surface area contributed by atoms with Gasteiger partial charge in [-0.15, -0.1) is 0 Å². The number of nitrogens with one attached hydrogen (secondary N) is 1. The number of benzene rings is 1.